The summed E-state index contributed by atoms with van der Waals surface area (Å²) < 4.78 is 16.1. The van der Waals surface area contributed by atoms with Crippen molar-refractivity contribution in [2.75, 3.05) is 18.6 Å². The van der Waals surface area contributed by atoms with Crippen molar-refractivity contribution in [2.45, 2.75) is 63.2 Å². The van der Waals surface area contributed by atoms with Gasteiger partial charge >= 0.3 is 0 Å². The monoisotopic (exact) mass is 762 g/mol. The third-order valence-corrected chi connectivity index (χ3v) is 16.1. The number of rotatable bonds is 11. The number of aromatic amines is 1. The first-order valence-electron chi connectivity index (χ1n) is 18.3. The molecule has 2 aliphatic rings. The highest BCUT2D eigenvalue weighted by atomic mass is 35.5. The Bertz CT molecular complexity index is 2390. The molecule has 278 valence electrons. The number of carbonyl (C=O) groups excluding carboxylic acids is 1. The van der Waals surface area contributed by atoms with Crippen LogP contribution < -0.4 is 20.4 Å². The molecule has 4 atom stereocenters. The molecule has 0 aliphatic carbocycles. The molecule has 2 aliphatic heterocycles. The highest BCUT2D eigenvalue weighted by Gasteiger charge is 2.66. The molecule has 54 heavy (non-hydrogen) atoms. The number of ether oxygens (including phenoxy) is 2. The average Bonchev–Trinajstić information content (AvgIpc) is 3.91. The van der Waals surface area contributed by atoms with Crippen LogP contribution in [0.2, 0.25) is 23.7 Å². The smallest absolute Gasteiger partial charge is 0.279 e. The zero-order valence-corrected chi connectivity index (χ0v) is 32.5. The van der Waals surface area contributed by atoms with E-state index in [0.29, 0.717) is 42.0 Å². The molecular weight excluding hydrogens is 720 g/mol. The lowest BCUT2D eigenvalue weighted by molar-refractivity contribution is -0.146. The average molecular weight is 763 g/mol. The molecule has 0 radical (unpaired) electrons. The fraction of sp³-hybridized carbons (Fsp3) is 0.317. The van der Waals surface area contributed by atoms with E-state index in [4.69, 9.17) is 21.1 Å². The van der Waals surface area contributed by atoms with Gasteiger partial charge in [0.05, 0.1) is 55.8 Å². The number of aromatic nitrogens is 5. The molecule has 1 saturated heterocycles. The topological polar surface area (TPSA) is 127 Å². The second-order valence-electron chi connectivity index (χ2n) is 14.9. The lowest BCUT2D eigenvalue weighted by Crippen LogP contribution is -2.51. The van der Waals surface area contributed by atoms with Crippen molar-refractivity contribution in [2.24, 2.45) is 5.92 Å². The van der Waals surface area contributed by atoms with Crippen molar-refractivity contribution in [3.05, 3.63) is 129 Å². The van der Waals surface area contributed by atoms with Gasteiger partial charge in [0.1, 0.15) is 5.75 Å². The summed E-state index contributed by atoms with van der Waals surface area (Å²) in [6.45, 7) is 7.74. The molecule has 1 spiro atoms. The summed E-state index contributed by atoms with van der Waals surface area (Å²) in [5.74, 6) is 0.489. The summed E-state index contributed by atoms with van der Waals surface area (Å²) in [5.41, 5.74) is 3.33. The van der Waals surface area contributed by atoms with E-state index in [9.17, 15) is 9.90 Å². The van der Waals surface area contributed by atoms with Crippen molar-refractivity contribution < 1.29 is 19.4 Å². The quantitative estimate of drug-likeness (QED) is 0.156. The van der Waals surface area contributed by atoms with E-state index < -0.39 is 13.7 Å². The number of hydrogen-bond donors (Lipinski definition) is 2. The Morgan fingerprint density at radius 3 is 2.50 bits per heavy atom. The van der Waals surface area contributed by atoms with Crippen LogP contribution in [0.3, 0.4) is 0 Å². The zero-order valence-electron chi connectivity index (χ0n) is 30.7. The SMILES string of the molecule is COc1ccc([Si](C)(C)[C@H]2[C@H](CCn3cc(CCO)nn3)O[C@@]3(C(=O)N(Cc4ccc(-n5[nH]c6ccccc6c5=O)cc4)c4ccc(Cl)cc43)[C@@H]2C)cc1. The Labute approximate surface area is 319 Å². The van der Waals surface area contributed by atoms with Gasteiger partial charge in [-0.05, 0) is 72.1 Å². The predicted molar refractivity (Wildman–Crippen MR) is 212 cm³/mol. The van der Waals surface area contributed by atoms with E-state index >= 15 is 4.79 Å². The van der Waals surface area contributed by atoms with Crippen molar-refractivity contribution in [1.29, 1.82) is 0 Å². The van der Waals surface area contributed by atoms with Gasteiger partial charge in [-0.15, -0.1) is 5.10 Å². The molecule has 4 heterocycles. The number of benzene rings is 4. The van der Waals surface area contributed by atoms with Crippen molar-refractivity contribution in [3.63, 3.8) is 0 Å². The molecule has 6 aromatic rings. The fourth-order valence-electron chi connectivity index (χ4n) is 8.82. The van der Waals surface area contributed by atoms with E-state index in [2.05, 4.69) is 47.6 Å². The number of aryl methyl sites for hydroxylation is 1. The number of amides is 1. The summed E-state index contributed by atoms with van der Waals surface area (Å²) in [7, 11) is -0.691. The number of H-pyrrole nitrogens is 1. The van der Waals surface area contributed by atoms with Gasteiger partial charge in [0.2, 0.25) is 0 Å². The van der Waals surface area contributed by atoms with Gasteiger partial charge in [-0.25, -0.2) is 4.68 Å². The van der Waals surface area contributed by atoms with Crippen LogP contribution in [0.4, 0.5) is 5.69 Å². The number of halogens is 1. The number of carbonyl (C=O) groups is 1. The Morgan fingerprint density at radius 1 is 1.02 bits per heavy atom. The molecule has 2 N–H and O–H groups in total. The number of aliphatic hydroxyl groups is 1. The molecule has 0 bridgehead atoms. The summed E-state index contributed by atoms with van der Waals surface area (Å²) in [6, 6.07) is 29.1. The number of aliphatic hydroxyl groups excluding tert-OH is 1. The molecule has 2 aromatic heterocycles. The molecule has 0 unspecified atom stereocenters. The summed E-state index contributed by atoms with van der Waals surface area (Å²) in [4.78, 5) is 30.1. The van der Waals surface area contributed by atoms with Crippen LogP contribution in [-0.2, 0) is 34.6 Å². The number of para-hydroxylation sites is 1. The first-order valence-corrected chi connectivity index (χ1v) is 21.7. The van der Waals surface area contributed by atoms with Gasteiger partial charge in [0.25, 0.3) is 11.5 Å². The number of hydrogen-bond acceptors (Lipinski definition) is 7. The standard InChI is InChI=1S/C41H43ClN6O5Si/c1-26-38(54(3,4)32-16-14-31(52-2)15-17-32)37(19-21-46-25-29(20-22-49)43-45-46)53-41(26)34-23-28(42)11-18-36(34)47(40(41)51)24-27-9-12-30(13-10-27)48-39(50)33-7-5-6-8-35(33)44-48/h5-18,23,25-26,37-38,44,49H,19-22,24H2,1-4H3/t26-,37+,38-,41+/m1/s1. The van der Waals surface area contributed by atoms with Gasteiger partial charge in [0.15, 0.2) is 5.60 Å². The normalized spacial score (nSPS) is 21.0. The van der Waals surface area contributed by atoms with Crippen molar-refractivity contribution >= 4 is 47.4 Å². The molecular formula is C41H43ClN6O5Si. The molecule has 0 saturated carbocycles. The fourth-order valence-corrected chi connectivity index (χ4v) is 13.1. The lowest BCUT2D eigenvalue weighted by Gasteiger charge is -2.37. The maximum Gasteiger partial charge on any atom is 0.279 e. The van der Waals surface area contributed by atoms with Crippen LogP contribution in [0.15, 0.2) is 102 Å². The van der Waals surface area contributed by atoms with Gasteiger partial charge in [0, 0.05) is 42.3 Å². The zero-order chi connectivity index (χ0) is 37.8. The van der Waals surface area contributed by atoms with Gasteiger partial charge in [-0.3, -0.25) is 19.4 Å². The maximum atomic E-state index is 15.2. The number of anilines is 1. The van der Waals surface area contributed by atoms with E-state index in [0.717, 1.165) is 33.8 Å². The lowest BCUT2D eigenvalue weighted by atomic mass is 9.82. The van der Waals surface area contributed by atoms with Gasteiger partial charge in [-0.1, -0.05) is 78.4 Å². The first kappa shape index (κ1) is 36.0. The summed E-state index contributed by atoms with van der Waals surface area (Å²) in [6.07, 6.45) is 2.64. The van der Waals surface area contributed by atoms with Crippen molar-refractivity contribution in [1.82, 2.24) is 24.8 Å². The van der Waals surface area contributed by atoms with Crippen LogP contribution in [0.25, 0.3) is 16.6 Å². The second-order valence-corrected chi connectivity index (χ2v) is 20.0. The van der Waals surface area contributed by atoms with E-state index in [1.807, 2.05) is 90.0 Å². The minimum atomic E-state index is -2.36. The highest BCUT2D eigenvalue weighted by molar-refractivity contribution is 6.91. The Kier molecular flexibility index (Phi) is 9.33. The van der Waals surface area contributed by atoms with E-state index in [1.54, 1.807) is 11.8 Å². The number of fused-ring (bicyclic) bond motifs is 3. The molecule has 1 amide bonds. The summed E-state index contributed by atoms with van der Waals surface area (Å²) >= 11 is 6.71. The molecule has 13 heteroatoms. The van der Waals surface area contributed by atoms with Crippen LogP contribution in [0.1, 0.15) is 30.2 Å². The molecule has 11 nitrogen and oxygen atoms in total. The first-order chi connectivity index (χ1) is 26.0. The minimum Gasteiger partial charge on any atom is -0.497 e. The second kappa shape index (κ2) is 14.0. The number of nitrogens with zero attached hydrogens (tertiary/aromatic N) is 5. The third kappa shape index (κ3) is 5.97. The van der Waals surface area contributed by atoms with E-state index in [-0.39, 0.29) is 35.6 Å². The van der Waals surface area contributed by atoms with Crippen LogP contribution in [-0.4, -0.2) is 63.7 Å². The van der Waals surface area contributed by atoms with Crippen LogP contribution in [0, 0.1) is 5.92 Å². The Morgan fingerprint density at radius 2 is 1.78 bits per heavy atom. The van der Waals surface area contributed by atoms with Crippen LogP contribution in [0.5, 0.6) is 5.75 Å². The number of nitrogens with one attached hydrogen (secondary N) is 1. The Hall–Kier alpha value is -5.01. The highest BCUT2D eigenvalue weighted by Crippen LogP contribution is 2.60. The largest absolute Gasteiger partial charge is 0.497 e. The minimum absolute atomic E-state index is 0.00301. The molecule has 1 fully saturated rings. The van der Waals surface area contributed by atoms with Gasteiger partial charge in [-0.2, -0.15) is 0 Å². The van der Waals surface area contributed by atoms with E-state index in [1.165, 1.54) is 9.87 Å². The maximum absolute atomic E-state index is 15.2. The van der Waals surface area contributed by atoms with Crippen molar-refractivity contribution in [3.8, 4) is 11.4 Å². The summed E-state index contributed by atoms with van der Waals surface area (Å²) in [5, 5.41) is 23.6. The molecule has 8 rings (SSSR count). The van der Waals surface area contributed by atoms with Crippen LogP contribution >= 0.6 is 11.6 Å². The Balaban J connectivity index is 1.14. The number of methoxy groups -OCH3 is 1. The third-order valence-electron chi connectivity index (χ3n) is 11.5. The molecule has 4 aromatic carbocycles. The predicted octanol–water partition coefficient (Wildman–Crippen LogP) is 5.96. The van der Waals surface area contributed by atoms with Gasteiger partial charge < -0.3 is 19.5 Å².